The third kappa shape index (κ3) is 1.96. The maximum atomic E-state index is 2.57. The van der Waals surface area contributed by atoms with Crippen LogP contribution in [0.25, 0.3) is 27.7 Å². The Balaban J connectivity index is 0.00000192. The molecule has 1 aliphatic heterocycles. The van der Waals surface area contributed by atoms with Gasteiger partial charge >= 0.3 is 0 Å². The van der Waals surface area contributed by atoms with Crippen LogP contribution < -0.4 is 4.57 Å². The van der Waals surface area contributed by atoms with E-state index in [0.717, 1.165) is 0 Å². The van der Waals surface area contributed by atoms with Crippen molar-refractivity contribution in [2.75, 3.05) is 0 Å². The number of hydrogen-bond donors (Lipinski definition) is 0. The first-order valence-corrected chi connectivity index (χ1v) is 9.83. The number of benzene rings is 2. The molecule has 0 radical (unpaired) electrons. The minimum atomic E-state index is -0.0640. The Morgan fingerprint density at radius 3 is 2.21 bits per heavy atom. The van der Waals surface area contributed by atoms with Crippen molar-refractivity contribution < 1.29 is 4.57 Å². The van der Waals surface area contributed by atoms with E-state index in [1.54, 1.807) is 0 Å². The molecule has 0 aliphatic carbocycles. The molecule has 4 aromatic rings. The zero-order valence-corrected chi connectivity index (χ0v) is 17.4. The first-order valence-electron chi connectivity index (χ1n) is 9.83. The lowest BCUT2D eigenvalue weighted by molar-refractivity contribution is -0.735. The van der Waals surface area contributed by atoms with Crippen molar-refractivity contribution >= 4 is 16.3 Å². The Morgan fingerprint density at radius 2 is 1.50 bits per heavy atom. The summed E-state index contributed by atoms with van der Waals surface area (Å²) >= 11 is 0. The van der Waals surface area contributed by atoms with Crippen LogP contribution in [0, 0.1) is 34.6 Å². The van der Waals surface area contributed by atoms with Crippen LogP contribution in [0.2, 0.25) is 0 Å². The molecule has 0 spiro atoms. The lowest BCUT2D eigenvalue weighted by Crippen LogP contribution is -2.51. The Hall–Kier alpha value is -2.61. The smallest absolute Gasteiger partial charge is 0.217 e. The zero-order chi connectivity index (χ0) is 19.2. The Labute approximate surface area is 168 Å². The number of nitrogens with zero attached hydrogens (tertiary/aromatic N) is 2. The molecule has 0 saturated heterocycles. The van der Waals surface area contributed by atoms with Crippen molar-refractivity contribution in [2.24, 2.45) is 0 Å². The van der Waals surface area contributed by atoms with Crippen LogP contribution in [-0.4, -0.2) is 4.40 Å². The van der Waals surface area contributed by atoms with Gasteiger partial charge in [0.2, 0.25) is 0 Å². The first kappa shape index (κ1) is 18.7. The van der Waals surface area contributed by atoms with E-state index in [1.165, 1.54) is 61.3 Å². The van der Waals surface area contributed by atoms with Gasteiger partial charge in [-0.15, -0.1) is 0 Å². The number of pyridine rings is 1. The molecule has 0 N–H and O–H groups in total. The van der Waals surface area contributed by atoms with E-state index in [4.69, 9.17) is 0 Å². The van der Waals surface area contributed by atoms with Crippen molar-refractivity contribution in [3.63, 3.8) is 0 Å². The maximum absolute atomic E-state index is 2.57. The average Bonchev–Trinajstić information content (AvgIpc) is 3.09. The van der Waals surface area contributed by atoms with Crippen LogP contribution in [0.4, 0.5) is 0 Å². The highest BCUT2D eigenvalue weighted by molar-refractivity contribution is 5.98. The fourth-order valence-electron chi connectivity index (χ4n) is 5.35. The number of aryl methyl sites for hydroxylation is 3. The molecule has 144 valence electrons. The van der Waals surface area contributed by atoms with E-state index in [2.05, 4.69) is 93.8 Å². The topological polar surface area (TPSA) is 8.29 Å². The molecule has 0 amide bonds. The summed E-state index contributed by atoms with van der Waals surface area (Å²) in [5.41, 5.74) is 11.0. The summed E-state index contributed by atoms with van der Waals surface area (Å²) in [4.78, 5) is 0. The van der Waals surface area contributed by atoms with E-state index in [0.29, 0.717) is 0 Å². The Bertz CT molecular complexity index is 1290. The van der Waals surface area contributed by atoms with Crippen LogP contribution in [0.3, 0.4) is 0 Å². The molecule has 2 nitrogen and oxygen atoms in total. The fourth-order valence-corrected chi connectivity index (χ4v) is 5.35. The summed E-state index contributed by atoms with van der Waals surface area (Å²) in [7, 11) is 0. The third-order valence-corrected chi connectivity index (χ3v) is 7.05. The van der Waals surface area contributed by atoms with Gasteiger partial charge in [-0.3, -0.25) is 0 Å². The number of hydrogen-bond acceptors (Lipinski definition) is 0. The Morgan fingerprint density at radius 1 is 0.821 bits per heavy atom. The van der Waals surface area contributed by atoms with E-state index >= 15 is 0 Å². The summed E-state index contributed by atoms with van der Waals surface area (Å²) in [5, 5.41) is 2.66. The van der Waals surface area contributed by atoms with Gasteiger partial charge in [-0.25, -0.2) is 4.57 Å². The van der Waals surface area contributed by atoms with Crippen LogP contribution in [0.5, 0.6) is 0 Å². The van der Waals surface area contributed by atoms with E-state index in [9.17, 15) is 0 Å². The minimum absolute atomic E-state index is 0. The second kappa shape index (κ2) is 5.70. The highest BCUT2D eigenvalue weighted by Gasteiger charge is 2.47. The second-order valence-electron chi connectivity index (χ2n) is 8.66. The molecule has 28 heavy (non-hydrogen) atoms. The lowest BCUT2D eigenvalue weighted by atomic mass is 9.90. The third-order valence-electron chi connectivity index (χ3n) is 7.05. The molecular formula is C26H31N2+. The molecular weight excluding hydrogens is 340 g/mol. The second-order valence-corrected chi connectivity index (χ2v) is 8.66. The molecule has 2 aromatic heterocycles. The van der Waals surface area contributed by atoms with Gasteiger partial charge in [-0.2, -0.15) is 4.40 Å². The van der Waals surface area contributed by atoms with Crippen LogP contribution in [0.15, 0.2) is 36.4 Å². The van der Waals surface area contributed by atoms with Gasteiger partial charge in [0, 0.05) is 18.1 Å². The molecule has 2 heteroatoms. The predicted octanol–water partition coefficient (Wildman–Crippen LogP) is 6.32. The monoisotopic (exact) mass is 371 g/mol. The molecule has 1 aliphatic rings. The van der Waals surface area contributed by atoms with Gasteiger partial charge in [-0.1, -0.05) is 43.8 Å². The van der Waals surface area contributed by atoms with E-state index < -0.39 is 0 Å². The van der Waals surface area contributed by atoms with Crippen LogP contribution >= 0.6 is 0 Å². The van der Waals surface area contributed by atoms with Gasteiger partial charge in [-0.05, 0) is 63.4 Å². The normalized spacial score (nSPS) is 14.2. The quantitative estimate of drug-likeness (QED) is 0.320. The SMILES string of the molecule is C.Cc1c(C)c(C)n2c3[n+](c(C)c2c1C)C(C)(C)c1ccc2ccccc2c1-3. The molecule has 0 unspecified atom stereocenters. The Kier molecular flexibility index (Phi) is 3.81. The van der Waals surface area contributed by atoms with Crippen molar-refractivity contribution in [1.82, 2.24) is 4.40 Å². The summed E-state index contributed by atoms with van der Waals surface area (Å²) in [6.45, 7) is 16.1. The van der Waals surface area contributed by atoms with Crippen LogP contribution in [0.1, 0.15) is 54.9 Å². The standard InChI is InChI=1S/C25H27N2.CH4/c1-14-15(2)17(4)26-23(16(14)3)18(5)27-24(26)22-20-11-9-8-10-19(20)12-13-21(22)25(27,6)7;/h8-13H,1-7H3;1H4/q+1;. The van der Waals surface area contributed by atoms with Crippen molar-refractivity contribution in [2.45, 2.75) is 61.4 Å². The number of fused-ring (bicyclic) bond motifs is 7. The molecule has 0 bridgehead atoms. The molecule has 3 heterocycles. The number of rotatable bonds is 0. The van der Waals surface area contributed by atoms with Gasteiger partial charge in [0.25, 0.3) is 5.82 Å². The highest BCUT2D eigenvalue weighted by atomic mass is 15.2. The van der Waals surface area contributed by atoms with Crippen molar-refractivity contribution in [3.05, 3.63) is 70.0 Å². The lowest BCUT2D eigenvalue weighted by Gasteiger charge is -2.19. The molecule has 0 saturated carbocycles. The summed E-state index contributed by atoms with van der Waals surface area (Å²) in [6, 6.07) is 13.4. The highest BCUT2D eigenvalue weighted by Crippen LogP contribution is 2.44. The predicted molar refractivity (Wildman–Crippen MR) is 119 cm³/mol. The van der Waals surface area contributed by atoms with Crippen molar-refractivity contribution in [3.8, 4) is 11.4 Å². The average molecular weight is 372 g/mol. The van der Waals surface area contributed by atoms with Gasteiger partial charge in [0.1, 0.15) is 16.9 Å². The maximum Gasteiger partial charge on any atom is 0.296 e. The number of aromatic nitrogens is 2. The largest absolute Gasteiger partial charge is 0.296 e. The van der Waals surface area contributed by atoms with Gasteiger partial charge in [0.05, 0.1) is 5.56 Å². The molecule has 0 fully saturated rings. The number of imidazole rings is 1. The van der Waals surface area contributed by atoms with Gasteiger partial charge in [0.15, 0.2) is 5.52 Å². The summed E-state index contributed by atoms with van der Waals surface area (Å²) < 4.78 is 5.09. The minimum Gasteiger partial charge on any atom is -0.217 e. The summed E-state index contributed by atoms with van der Waals surface area (Å²) in [5.74, 6) is 1.34. The van der Waals surface area contributed by atoms with Crippen LogP contribution in [-0.2, 0) is 5.54 Å². The molecule has 2 aromatic carbocycles. The zero-order valence-electron chi connectivity index (χ0n) is 17.4. The van der Waals surface area contributed by atoms with Crippen molar-refractivity contribution in [1.29, 1.82) is 0 Å². The fraction of sp³-hybridized carbons (Fsp3) is 0.346. The molecule has 5 rings (SSSR count). The first-order chi connectivity index (χ1) is 12.8. The van der Waals surface area contributed by atoms with E-state index in [1.807, 2.05) is 0 Å². The van der Waals surface area contributed by atoms with Gasteiger partial charge < -0.3 is 0 Å². The van der Waals surface area contributed by atoms with E-state index in [-0.39, 0.29) is 13.0 Å². The summed E-state index contributed by atoms with van der Waals surface area (Å²) in [6.07, 6.45) is 0. The molecule has 0 atom stereocenters.